The van der Waals surface area contributed by atoms with Gasteiger partial charge in [-0.1, -0.05) is 12.8 Å². The van der Waals surface area contributed by atoms with Gasteiger partial charge in [0.2, 0.25) is 5.91 Å². The van der Waals surface area contributed by atoms with Crippen LogP contribution in [0.3, 0.4) is 0 Å². The molecule has 3 heterocycles. The minimum absolute atomic E-state index is 0.141. The fraction of sp³-hybridized carbons (Fsp3) is 0.667. The molecule has 3 amide bonds. The van der Waals surface area contributed by atoms with Crippen molar-refractivity contribution in [1.29, 1.82) is 0 Å². The summed E-state index contributed by atoms with van der Waals surface area (Å²) >= 11 is 0. The summed E-state index contributed by atoms with van der Waals surface area (Å²) in [5.41, 5.74) is 1.03. The number of hydrogen-bond acceptors (Lipinski definition) is 4. The lowest BCUT2D eigenvalue weighted by Gasteiger charge is -2.27. The predicted molar refractivity (Wildman–Crippen MR) is 110 cm³/mol. The van der Waals surface area contributed by atoms with Gasteiger partial charge in [0.15, 0.2) is 0 Å². The van der Waals surface area contributed by atoms with Crippen molar-refractivity contribution in [2.24, 2.45) is 0 Å². The van der Waals surface area contributed by atoms with E-state index in [1.807, 2.05) is 11.0 Å². The van der Waals surface area contributed by atoms with Gasteiger partial charge < -0.3 is 20.4 Å². The highest BCUT2D eigenvalue weighted by atomic mass is 16.2. The summed E-state index contributed by atoms with van der Waals surface area (Å²) in [7, 11) is 0. The molecule has 1 aromatic rings. The highest BCUT2D eigenvalue weighted by Crippen LogP contribution is 2.18. The van der Waals surface area contributed by atoms with Crippen LogP contribution in [-0.4, -0.2) is 54.5 Å². The molecule has 2 saturated heterocycles. The molecule has 0 aromatic carbocycles. The summed E-state index contributed by atoms with van der Waals surface area (Å²) in [4.78, 5) is 33.0. The molecule has 0 saturated carbocycles. The topological polar surface area (TPSA) is 77.6 Å². The van der Waals surface area contributed by atoms with Crippen molar-refractivity contribution >= 4 is 17.8 Å². The summed E-state index contributed by atoms with van der Waals surface area (Å²) in [6.07, 6.45) is 10.5. The second kappa shape index (κ2) is 10.9. The first-order valence-corrected chi connectivity index (χ1v) is 10.7. The van der Waals surface area contributed by atoms with Gasteiger partial charge in [0, 0.05) is 51.9 Å². The van der Waals surface area contributed by atoms with Gasteiger partial charge >= 0.3 is 6.03 Å². The van der Waals surface area contributed by atoms with Gasteiger partial charge in [0.25, 0.3) is 0 Å². The Labute approximate surface area is 167 Å². The smallest absolute Gasteiger partial charge is 0.315 e. The minimum atomic E-state index is -0.236. The number of hydrogen-bond donors (Lipinski definition) is 2. The maximum Gasteiger partial charge on any atom is 0.315 e. The standard InChI is InChI=1S/C21H33N5O2/c27-20(26-14-4-1-2-5-15-26)9-11-23-21(28)24-17-18-8-10-22-19(16-18)25-12-6-3-7-13-25/h8,10,16H,1-7,9,11-15,17H2,(H2,23,24,28). The first-order valence-electron chi connectivity index (χ1n) is 10.7. The number of piperidine rings is 1. The zero-order chi connectivity index (χ0) is 19.6. The quantitative estimate of drug-likeness (QED) is 0.787. The molecule has 0 atom stereocenters. The molecule has 2 N–H and O–H groups in total. The Morgan fingerprint density at radius 1 is 0.929 bits per heavy atom. The second-order valence-corrected chi connectivity index (χ2v) is 7.72. The summed E-state index contributed by atoms with van der Waals surface area (Å²) in [5, 5.41) is 5.66. The number of nitrogens with one attached hydrogen (secondary N) is 2. The van der Waals surface area contributed by atoms with Crippen molar-refractivity contribution in [1.82, 2.24) is 20.5 Å². The maximum absolute atomic E-state index is 12.2. The van der Waals surface area contributed by atoms with Gasteiger partial charge in [0.1, 0.15) is 5.82 Å². The molecule has 7 heteroatoms. The number of anilines is 1. The van der Waals surface area contributed by atoms with Gasteiger partial charge in [-0.3, -0.25) is 4.79 Å². The third kappa shape index (κ3) is 6.39. The Hall–Kier alpha value is -2.31. The van der Waals surface area contributed by atoms with Crippen LogP contribution in [0.2, 0.25) is 0 Å². The molecule has 2 fully saturated rings. The number of pyridine rings is 1. The molecule has 28 heavy (non-hydrogen) atoms. The first kappa shape index (κ1) is 20.4. The van der Waals surface area contributed by atoms with Crippen molar-refractivity contribution in [3.8, 4) is 0 Å². The maximum atomic E-state index is 12.2. The molecule has 1 aromatic heterocycles. The zero-order valence-corrected chi connectivity index (χ0v) is 16.8. The van der Waals surface area contributed by atoms with Crippen LogP contribution in [0.1, 0.15) is 56.9 Å². The molecule has 2 aliphatic heterocycles. The Balaban J connectivity index is 1.36. The summed E-state index contributed by atoms with van der Waals surface area (Å²) in [5.74, 6) is 1.13. The van der Waals surface area contributed by atoms with Crippen LogP contribution in [-0.2, 0) is 11.3 Å². The number of urea groups is 1. The molecule has 7 nitrogen and oxygen atoms in total. The average molecular weight is 388 g/mol. The first-order chi connectivity index (χ1) is 13.7. The van der Waals surface area contributed by atoms with E-state index in [9.17, 15) is 9.59 Å². The predicted octanol–water partition coefficient (Wildman–Crippen LogP) is 2.66. The van der Waals surface area contributed by atoms with Crippen molar-refractivity contribution in [3.05, 3.63) is 23.9 Å². The van der Waals surface area contributed by atoms with E-state index >= 15 is 0 Å². The largest absolute Gasteiger partial charge is 0.357 e. The number of carbonyl (C=O) groups is 2. The van der Waals surface area contributed by atoms with Crippen LogP contribution >= 0.6 is 0 Å². The van der Waals surface area contributed by atoms with Gasteiger partial charge in [-0.2, -0.15) is 0 Å². The lowest BCUT2D eigenvalue weighted by atomic mass is 10.1. The summed E-state index contributed by atoms with van der Waals surface area (Å²) < 4.78 is 0. The molecule has 0 aliphatic carbocycles. The Morgan fingerprint density at radius 3 is 2.36 bits per heavy atom. The average Bonchev–Trinajstić information content (AvgIpc) is 3.03. The van der Waals surface area contributed by atoms with Crippen LogP contribution in [0.4, 0.5) is 10.6 Å². The Kier molecular flexibility index (Phi) is 7.94. The number of carbonyl (C=O) groups excluding carboxylic acids is 2. The van der Waals surface area contributed by atoms with E-state index < -0.39 is 0 Å². The fourth-order valence-electron chi connectivity index (χ4n) is 3.87. The molecule has 0 bridgehead atoms. The van der Waals surface area contributed by atoms with Crippen LogP contribution in [0.15, 0.2) is 18.3 Å². The Morgan fingerprint density at radius 2 is 1.61 bits per heavy atom. The molecular weight excluding hydrogens is 354 g/mol. The summed E-state index contributed by atoms with van der Waals surface area (Å²) in [6, 6.07) is 3.74. The molecular formula is C21H33N5O2. The number of nitrogens with zero attached hydrogens (tertiary/aromatic N) is 3. The third-order valence-electron chi connectivity index (χ3n) is 5.53. The van der Waals surface area contributed by atoms with E-state index in [1.165, 1.54) is 32.1 Å². The monoisotopic (exact) mass is 387 g/mol. The molecule has 0 radical (unpaired) electrons. The number of rotatable bonds is 6. The van der Waals surface area contributed by atoms with Crippen LogP contribution in [0, 0.1) is 0 Å². The number of aromatic nitrogens is 1. The molecule has 2 aliphatic rings. The SMILES string of the molecule is O=C(NCCC(=O)N1CCCCCC1)NCc1ccnc(N2CCCCC2)c1. The van der Waals surface area contributed by atoms with Crippen molar-refractivity contribution in [3.63, 3.8) is 0 Å². The van der Waals surface area contributed by atoms with Crippen molar-refractivity contribution in [2.75, 3.05) is 37.6 Å². The van der Waals surface area contributed by atoms with E-state index in [0.29, 0.717) is 19.5 Å². The van der Waals surface area contributed by atoms with E-state index in [0.717, 1.165) is 50.4 Å². The minimum Gasteiger partial charge on any atom is -0.357 e. The normalized spacial score (nSPS) is 17.7. The zero-order valence-electron chi connectivity index (χ0n) is 16.8. The van der Waals surface area contributed by atoms with Crippen molar-refractivity contribution in [2.45, 2.75) is 57.9 Å². The fourth-order valence-corrected chi connectivity index (χ4v) is 3.87. The number of likely N-dealkylation sites (tertiary alicyclic amines) is 1. The Bertz CT molecular complexity index is 637. The van der Waals surface area contributed by atoms with E-state index in [2.05, 4.69) is 26.6 Å². The van der Waals surface area contributed by atoms with Crippen molar-refractivity contribution < 1.29 is 9.59 Å². The van der Waals surface area contributed by atoms with Crippen LogP contribution < -0.4 is 15.5 Å². The van der Waals surface area contributed by atoms with E-state index in [-0.39, 0.29) is 11.9 Å². The van der Waals surface area contributed by atoms with Gasteiger partial charge in [-0.25, -0.2) is 9.78 Å². The second-order valence-electron chi connectivity index (χ2n) is 7.72. The van der Waals surface area contributed by atoms with Gasteiger partial charge in [-0.15, -0.1) is 0 Å². The van der Waals surface area contributed by atoms with E-state index in [1.54, 1.807) is 6.20 Å². The highest BCUT2D eigenvalue weighted by Gasteiger charge is 2.15. The molecule has 0 unspecified atom stereocenters. The highest BCUT2D eigenvalue weighted by molar-refractivity contribution is 5.78. The number of amides is 3. The van der Waals surface area contributed by atoms with Gasteiger partial charge in [0.05, 0.1) is 0 Å². The summed E-state index contributed by atoms with van der Waals surface area (Å²) in [6.45, 7) is 4.63. The third-order valence-corrected chi connectivity index (χ3v) is 5.53. The molecule has 154 valence electrons. The van der Waals surface area contributed by atoms with Crippen LogP contribution in [0.5, 0.6) is 0 Å². The van der Waals surface area contributed by atoms with E-state index in [4.69, 9.17) is 0 Å². The molecule has 3 rings (SSSR count). The van der Waals surface area contributed by atoms with Crippen LogP contribution in [0.25, 0.3) is 0 Å². The lowest BCUT2D eigenvalue weighted by molar-refractivity contribution is -0.131. The molecule has 0 spiro atoms. The van der Waals surface area contributed by atoms with Gasteiger partial charge in [-0.05, 0) is 49.8 Å². The lowest BCUT2D eigenvalue weighted by Crippen LogP contribution is -2.39.